The van der Waals surface area contributed by atoms with Crippen LogP contribution in [0.1, 0.15) is 38.2 Å². The molecular formula is C33H36OSn. The maximum absolute atomic E-state index is 11.1. The average Bonchev–Trinajstić information content (AvgIpc) is 2.93. The number of benzene rings is 4. The zero-order valence-corrected chi connectivity index (χ0v) is 23.5. The van der Waals surface area contributed by atoms with Crippen LogP contribution in [0.5, 0.6) is 0 Å². The summed E-state index contributed by atoms with van der Waals surface area (Å²) < 4.78 is 5.34. The van der Waals surface area contributed by atoms with E-state index in [0.29, 0.717) is 0 Å². The summed E-state index contributed by atoms with van der Waals surface area (Å²) in [6.45, 7) is 2.21. The van der Waals surface area contributed by atoms with Gasteiger partial charge in [0.2, 0.25) is 0 Å². The Labute approximate surface area is 215 Å². The first-order valence-corrected chi connectivity index (χ1v) is 19.1. The van der Waals surface area contributed by atoms with Crippen LogP contribution in [0.4, 0.5) is 0 Å². The van der Waals surface area contributed by atoms with Crippen LogP contribution in [-0.4, -0.2) is 29.6 Å². The van der Waals surface area contributed by atoms with Gasteiger partial charge in [-0.3, -0.25) is 0 Å². The molecule has 0 radical (unpaired) electrons. The van der Waals surface area contributed by atoms with Gasteiger partial charge in [-0.25, -0.2) is 0 Å². The molecule has 2 heteroatoms. The van der Waals surface area contributed by atoms with E-state index in [-0.39, 0.29) is 0 Å². The van der Waals surface area contributed by atoms with Gasteiger partial charge in [0.05, 0.1) is 0 Å². The van der Waals surface area contributed by atoms with Crippen molar-refractivity contribution >= 4 is 34.7 Å². The average molecular weight is 567 g/mol. The molecule has 0 saturated heterocycles. The predicted octanol–water partition coefficient (Wildman–Crippen LogP) is 6.18. The van der Waals surface area contributed by atoms with Crippen molar-refractivity contribution in [3.8, 4) is 0 Å². The van der Waals surface area contributed by atoms with Gasteiger partial charge in [0.15, 0.2) is 0 Å². The zero-order chi connectivity index (χ0) is 24.3. The van der Waals surface area contributed by atoms with Crippen molar-refractivity contribution in [3.63, 3.8) is 0 Å². The fourth-order valence-electron chi connectivity index (χ4n) is 5.09. The van der Waals surface area contributed by atoms with E-state index in [1.54, 1.807) is 0 Å². The zero-order valence-electron chi connectivity index (χ0n) is 20.7. The van der Waals surface area contributed by atoms with Gasteiger partial charge in [-0.15, -0.1) is 0 Å². The Balaban J connectivity index is 1.90. The van der Waals surface area contributed by atoms with E-state index in [4.69, 9.17) is 0 Å². The van der Waals surface area contributed by atoms with Crippen LogP contribution < -0.4 is 10.7 Å². The third-order valence-corrected chi connectivity index (χ3v) is 20.8. The van der Waals surface area contributed by atoms with Crippen LogP contribution in [0, 0.1) is 0 Å². The van der Waals surface area contributed by atoms with E-state index in [1.807, 2.05) is 0 Å². The minimum absolute atomic E-state index is 0.428. The third-order valence-electron chi connectivity index (χ3n) is 6.90. The fraction of sp³-hybridized carbons (Fsp3) is 0.212. The topological polar surface area (TPSA) is 20.2 Å². The van der Waals surface area contributed by atoms with Gasteiger partial charge in [-0.2, -0.15) is 0 Å². The molecule has 0 aromatic heterocycles. The molecule has 0 aliphatic heterocycles. The molecule has 0 aliphatic rings. The molecule has 4 aromatic carbocycles. The molecule has 4 aromatic rings. The number of allylic oxidation sites excluding steroid dienone is 1. The summed E-state index contributed by atoms with van der Waals surface area (Å²) in [5.41, 5.74) is 2.48. The summed E-state index contributed by atoms with van der Waals surface area (Å²) in [7, 11) is 0. The Hall–Kier alpha value is -2.62. The van der Waals surface area contributed by atoms with Crippen molar-refractivity contribution < 1.29 is 5.11 Å². The molecule has 1 atom stereocenters. The summed E-state index contributed by atoms with van der Waals surface area (Å²) in [4.78, 5) is 0. The molecule has 0 saturated carbocycles. The Kier molecular flexibility index (Phi) is 9.39. The second-order valence-electron chi connectivity index (χ2n) is 9.30. The number of hydrogen-bond donors (Lipinski definition) is 1. The van der Waals surface area contributed by atoms with Crippen LogP contribution >= 0.6 is 0 Å². The number of aliphatic hydroxyl groups excluding tert-OH is 1. The summed E-state index contributed by atoms with van der Waals surface area (Å²) in [5.74, 6) is 0. The molecule has 4 rings (SSSR count). The SMILES string of the molecule is CCCCCC(O)/C=C(/[CH2][Sn]([c]1ccccc1)([c]1ccccc1)[c]1ccccc1)c1ccccc1. The van der Waals surface area contributed by atoms with Crippen molar-refractivity contribution in [3.05, 3.63) is 133 Å². The molecule has 1 unspecified atom stereocenters. The number of rotatable bonds is 11. The summed E-state index contributed by atoms with van der Waals surface area (Å²) in [5, 5.41) is 11.1. The fourth-order valence-corrected chi connectivity index (χ4v) is 18.8. The molecule has 0 amide bonds. The quantitative estimate of drug-likeness (QED) is 0.170. The van der Waals surface area contributed by atoms with E-state index in [1.165, 1.54) is 21.9 Å². The standard InChI is InChI=1S/C15H21O.3C6H5.Sn/c1-3-4-6-11-15(16)12-13(2)14-9-7-5-8-10-14;3*1-2-4-6-5-3-1;/h5,7-10,12,15-16H,2-4,6,11H2,1H3;3*1-5H;/b13-12-;;;;. The number of aliphatic hydroxyl groups is 1. The van der Waals surface area contributed by atoms with E-state index in [9.17, 15) is 5.11 Å². The second-order valence-corrected chi connectivity index (χ2v) is 20.4. The van der Waals surface area contributed by atoms with Gasteiger partial charge in [0, 0.05) is 0 Å². The third kappa shape index (κ3) is 6.34. The molecule has 0 heterocycles. The maximum atomic E-state index is 11.1. The molecule has 0 aliphatic carbocycles. The van der Waals surface area contributed by atoms with Gasteiger partial charge >= 0.3 is 216 Å². The van der Waals surface area contributed by atoms with Crippen molar-refractivity contribution in [2.75, 3.05) is 0 Å². The molecule has 178 valence electrons. The van der Waals surface area contributed by atoms with E-state index in [2.05, 4.69) is 134 Å². The minimum atomic E-state index is -3.51. The molecule has 0 spiro atoms. The van der Waals surface area contributed by atoms with Crippen molar-refractivity contribution in [1.29, 1.82) is 0 Å². The Bertz CT molecular complexity index is 1070. The Morgan fingerprint density at radius 3 is 1.51 bits per heavy atom. The van der Waals surface area contributed by atoms with Crippen molar-refractivity contribution in [2.45, 2.75) is 43.1 Å². The summed E-state index contributed by atoms with van der Waals surface area (Å²) in [6, 6.07) is 44.1. The number of unbranched alkanes of at least 4 members (excludes halogenated alkanes) is 2. The molecule has 1 N–H and O–H groups in total. The van der Waals surface area contributed by atoms with Gasteiger partial charge in [-0.1, -0.05) is 0 Å². The van der Waals surface area contributed by atoms with E-state index < -0.39 is 24.5 Å². The number of hydrogen-bond acceptors (Lipinski definition) is 1. The second kappa shape index (κ2) is 12.9. The van der Waals surface area contributed by atoms with Crippen LogP contribution in [0.2, 0.25) is 4.44 Å². The van der Waals surface area contributed by atoms with Crippen LogP contribution in [0.15, 0.2) is 127 Å². The van der Waals surface area contributed by atoms with E-state index >= 15 is 0 Å². The van der Waals surface area contributed by atoms with Gasteiger partial charge in [0.1, 0.15) is 0 Å². The molecule has 1 nitrogen and oxygen atoms in total. The Morgan fingerprint density at radius 2 is 1.09 bits per heavy atom. The molecule has 0 bridgehead atoms. The van der Waals surface area contributed by atoms with Crippen molar-refractivity contribution in [1.82, 2.24) is 0 Å². The summed E-state index contributed by atoms with van der Waals surface area (Å²) in [6.07, 6.45) is 5.92. The molecule has 35 heavy (non-hydrogen) atoms. The van der Waals surface area contributed by atoms with E-state index in [0.717, 1.165) is 30.1 Å². The molecular weight excluding hydrogens is 531 g/mol. The molecule has 0 fully saturated rings. The van der Waals surface area contributed by atoms with Crippen LogP contribution in [0.25, 0.3) is 5.57 Å². The van der Waals surface area contributed by atoms with Gasteiger partial charge in [0.25, 0.3) is 0 Å². The first-order valence-electron chi connectivity index (χ1n) is 12.8. The van der Waals surface area contributed by atoms with Crippen molar-refractivity contribution in [2.24, 2.45) is 0 Å². The van der Waals surface area contributed by atoms with Gasteiger partial charge < -0.3 is 0 Å². The predicted molar refractivity (Wildman–Crippen MR) is 153 cm³/mol. The normalized spacial score (nSPS) is 12.9. The monoisotopic (exact) mass is 568 g/mol. The Morgan fingerprint density at radius 1 is 0.657 bits per heavy atom. The summed E-state index contributed by atoms with van der Waals surface area (Å²) >= 11 is -3.51. The van der Waals surface area contributed by atoms with Crippen LogP contribution in [-0.2, 0) is 0 Å². The first kappa shape index (κ1) is 25.5. The first-order chi connectivity index (χ1) is 17.2. The van der Waals surface area contributed by atoms with Crippen LogP contribution in [0.3, 0.4) is 0 Å². The van der Waals surface area contributed by atoms with Gasteiger partial charge in [-0.05, 0) is 0 Å².